The first-order valence-electron chi connectivity index (χ1n) is 7.36. The summed E-state index contributed by atoms with van der Waals surface area (Å²) in [6.45, 7) is 1.83. The lowest BCUT2D eigenvalue weighted by Crippen LogP contribution is -2.12. The minimum Gasteiger partial charge on any atom is -0.462 e. The molecule has 0 aromatic heterocycles. The fourth-order valence-electron chi connectivity index (χ4n) is 2.26. The van der Waals surface area contributed by atoms with Gasteiger partial charge >= 0.3 is 5.97 Å². The normalized spacial score (nSPS) is 10.5. The number of carbonyl (C=O) groups excluding carboxylic acids is 2. The molecule has 2 aromatic rings. The van der Waals surface area contributed by atoms with Gasteiger partial charge in [-0.15, -0.1) is 0 Å². The molecule has 0 aliphatic heterocycles. The number of esters is 1. The van der Waals surface area contributed by atoms with Crippen LogP contribution in [0.4, 0.5) is 13.2 Å². The van der Waals surface area contributed by atoms with Crippen LogP contribution in [-0.4, -0.2) is 18.4 Å². The van der Waals surface area contributed by atoms with Crippen LogP contribution in [0.1, 0.15) is 39.6 Å². The van der Waals surface area contributed by atoms with Gasteiger partial charge in [0.2, 0.25) is 0 Å². The highest BCUT2D eigenvalue weighted by Gasteiger charge is 2.18. The lowest BCUT2D eigenvalue weighted by atomic mass is 9.98. The molecule has 3 nitrogen and oxygen atoms in total. The van der Waals surface area contributed by atoms with E-state index in [2.05, 4.69) is 0 Å². The van der Waals surface area contributed by atoms with Crippen LogP contribution < -0.4 is 0 Å². The molecular formula is C18H15F3O3. The number of hydrogen-bond acceptors (Lipinski definition) is 3. The number of benzene rings is 2. The zero-order valence-electron chi connectivity index (χ0n) is 12.9. The van der Waals surface area contributed by atoms with Crippen LogP contribution in [0.5, 0.6) is 0 Å². The SMILES string of the molecule is CCOC(=O)c1ccccc1C(=O)CCc1cc(F)c(F)c(F)c1. The van der Waals surface area contributed by atoms with E-state index >= 15 is 0 Å². The third kappa shape index (κ3) is 4.01. The van der Waals surface area contributed by atoms with Crippen molar-refractivity contribution in [2.45, 2.75) is 19.8 Å². The fraction of sp³-hybridized carbons (Fsp3) is 0.222. The number of hydrogen-bond donors (Lipinski definition) is 0. The zero-order chi connectivity index (χ0) is 17.7. The van der Waals surface area contributed by atoms with Gasteiger partial charge in [0.25, 0.3) is 0 Å². The van der Waals surface area contributed by atoms with Crippen molar-refractivity contribution in [1.29, 1.82) is 0 Å². The second-order valence-corrected chi connectivity index (χ2v) is 5.06. The lowest BCUT2D eigenvalue weighted by molar-refractivity contribution is 0.0523. The van der Waals surface area contributed by atoms with Gasteiger partial charge in [-0.05, 0) is 37.1 Å². The standard InChI is InChI=1S/C18H15F3O3/c1-2-24-18(23)13-6-4-3-5-12(13)16(22)8-7-11-9-14(19)17(21)15(20)10-11/h3-6,9-10H,2,7-8H2,1H3. The van der Waals surface area contributed by atoms with Gasteiger partial charge in [0.1, 0.15) is 0 Å². The molecule has 0 amide bonds. The molecule has 2 aromatic carbocycles. The molecule has 126 valence electrons. The highest BCUT2D eigenvalue weighted by molar-refractivity contribution is 6.06. The van der Waals surface area contributed by atoms with E-state index in [1.54, 1.807) is 19.1 Å². The van der Waals surface area contributed by atoms with Gasteiger partial charge in [0.05, 0.1) is 12.2 Å². The molecule has 0 radical (unpaired) electrons. The van der Waals surface area contributed by atoms with Crippen LogP contribution in [0, 0.1) is 17.5 Å². The summed E-state index contributed by atoms with van der Waals surface area (Å²) >= 11 is 0. The Labute approximate surface area is 137 Å². The van der Waals surface area contributed by atoms with Crippen molar-refractivity contribution in [2.24, 2.45) is 0 Å². The van der Waals surface area contributed by atoms with Crippen molar-refractivity contribution < 1.29 is 27.5 Å². The van der Waals surface area contributed by atoms with Crippen molar-refractivity contribution in [2.75, 3.05) is 6.61 Å². The van der Waals surface area contributed by atoms with E-state index in [9.17, 15) is 22.8 Å². The highest BCUT2D eigenvalue weighted by atomic mass is 19.2. The van der Waals surface area contributed by atoms with E-state index in [1.165, 1.54) is 12.1 Å². The number of halogens is 3. The number of rotatable bonds is 6. The number of ketones is 1. The molecule has 24 heavy (non-hydrogen) atoms. The predicted octanol–water partition coefficient (Wildman–Crippen LogP) is 4.10. The Balaban J connectivity index is 2.15. The molecule has 0 bridgehead atoms. The Morgan fingerprint density at radius 1 is 1.00 bits per heavy atom. The maximum Gasteiger partial charge on any atom is 0.338 e. The molecule has 2 rings (SSSR count). The maximum atomic E-state index is 13.2. The molecule has 0 heterocycles. The Bertz CT molecular complexity index is 749. The van der Waals surface area contributed by atoms with Crippen molar-refractivity contribution in [3.8, 4) is 0 Å². The first kappa shape index (κ1) is 17.7. The average Bonchev–Trinajstić information content (AvgIpc) is 2.57. The Kier molecular flexibility index (Phi) is 5.73. The average molecular weight is 336 g/mol. The van der Waals surface area contributed by atoms with Crippen LogP contribution in [0.2, 0.25) is 0 Å². The molecule has 0 N–H and O–H groups in total. The van der Waals surface area contributed by atoms with E-state index < -0.39 is 23.4 Å². The molecule has 0 saturated carbocycles. The predicted molar refractivity (Wildman–Crippen MR) is 81.4 cm³/mol. The summed E-state index contributed by atoms with van der Waals surface area (Å²) in [6, 6.07) is 7.87. The van der Waals surface area contributed by atoms with Gasteiger partial charge in [0, 0.05) is 12.0 Å². The zero-order valence-corrected chi connectivity index (χ0v) is 12.9. The quantitative estimate of drug-likeness (QED) is 0.453. The van der Waals surface area contributed by atoms with Gasteiger partial charge < -0.3 is 4.74 Å². The van der Waals surface area contributed by atoms with Gasteiger partial charge in [-0.2, -0.15) is 0 Å². The topological polar surface area (TPSA) is 43.4 Å². The lowest BCUT2D eigenvalue weighted by Gasteiger charge is -2.08. The maximum absolute atomic E-state index is 13.2. The Hall–Kier alpha value is -2.63. The number of carbonyl (C=O) groups is 2. The molecule has 0 saturated heterocycles. The van der Waals surface area contributed by atoms with Crippen molar-refractivity contribution in [3.63, 3.8) is 0 Å². The van der Waals surface area contributed by atoms with Crippen molar-refractivity contribution >= 4 is 11.8 Å². The molecule has 0 aliphatic rings. The number of ether oxygens (including phenoxy) is 1. The number of Topliss-reactive ketones (excluding diaryl/α,β-unsaturated/α-hetero) is 1. The summed E-state index contributed by atoms with van der Waals surface area (Å²) < 4.78 is 44.2. The molecule has 0 atom stereocenters. The second-order valence-electron chi connectivity index (χ2n) is 5.06. The van der Waals surface area contributed by atoms with E-state index in [0.717, 1.165) is 12.1 Å². The van der Waals surface area contributed by atoms with E-state index in [-0.39, 0.29) is 41.9 Å². The Morgan fingerprint density at radius 2 is 1.58 bits per heavy atom. The highest BCUT2D eigenvalue weighted by Crippen LogP contribution is 2.18. The Morgan fingerprint density at radius 3 is 2.17 bits per heavy atom. The largest absolute Gasteiger partial charge is 0.462 e. The minimum absolute atomic E-state index is 0.0180. The smallest absolute Gasteiger partial charge is 0.338 e. The first-order valence-corrected chi connectivity index (χ1v) is 7.36. The monoisotopic (exact) mass is 336 g/mol. The fourth-order valence-corrected chi connectivity index (χ4v) is 2.26. The summed E-state index contributed by atoms with van der Waals surface area (Å²) in [6.07, 6.45) is -0.0644. The molecule has 6 heteroatoms. The molecular weight excluding hydrogens is 321 g/mol. The van der Waals surface area contributed by atoms with Gasteiger partial charge in [-0.3, -0.25) is 4.79 Å². The second kappa shape index (κ2) is 7.77. The first-order chi connectivity index (χ1) is 11.4. The number of aryl methyl sites for hydroxylation is 1. The molecule has 0 aliphatic carbocycles. The van der Waals surface area contributed by atoms with Gasteiger partial charge in [-0.25, -0.2) is 18.0 Å². The minimum atomic E-state index is -1.54. The van der Waals surface area contributed by atoms with Gasteiger partial charge in [0.15, 0.2) is 23.2 Å². The van der Waals surface area contributed by atoms with Gasteiger partial charge in [-0.1, -0.05) is 18.2 Å². The molecule has 0 fully saturated rings. The van der Waals surface area contributed by atoms with Crippen LogP contribution in [0.15, 0.2) is 36.4 Å². The van der Waals surface area contributed by atoms with E-state index in [1.807, 2.05) is 0 Å². The van der Waals surface area contributed by atoms with Crippen LogP contribution >= 0.6 is 0 Å². The molecule has 0 unspecified atom stereocenters. The summed E-state index contributed by atoms with van der Waals surface area (Å²) in [4.78, 5) is 24.2. The van der Waals surface area contributed by atoms with Crippen LogP contribution in [0.25, 0.3) is 0 Å². The van der Waals surface area contributed by atoms with Crippen LogP contribution in [-0.2, 0) is 11.2 Å². The van der Waals surface area contributed by atoms with E-state index in [0.29, 0.717) is 0 Å². The third-order valence-corrected chi connectivity index (χ3v) is 3.41. The van der Waals surface area contributed by atoms with Crippen LogP contribution in [0.3, 0.4) is 0 Å². The summed E-state index contributed by atoms with van der Waals surface area (Å²) in [5.74, 6) is -5.13. The van der Waals surface area contributed by atoms with Crippen molar-refractivity contribution in [1.82, 2.24) is 0 Å². The van der Waals surface area contributed by atoms with Crippen molar-refractivity contribution in [3.05, 3.63) is 70.5 Å². The summed E-state index contributed by atoms with van der Waals surface area (Å²) in [5.41, 5.74) is 0.480. The summed E-state index contributed by atoms with van der Waals surface area (Å²) in [5, 5.41) is 0. The third-order valence-electron chi connectivity index (χ3n) is 3.41. The van der Waals surface area contributed by atoms with E-state index in [4.69, 9.17) is 4.74 Å². The summed E-state index contributed by atoms with van der Waals surface area (Å²) in [7, 11) is 0. The molecule has 0 spiro atoms.